The molecule has 1 heterocycles. The minimum absolute atomic E-state index is 0. The van der Waals surface area contributed by atoms with Gasteiger partial charge in [0.15, 0.2) is 5.78 Å². The van der Waals surface area contributed by atoms with Crippen molar-refractivity contribution >= 4 is 40.1 Å². The number of benzene rings is 3. The van der Waals surface area contributed by atoms with Gasteiger partial charge in [-0.15, -0.1) is 0 Å². The van der Waals surface area contributed by atoms with E-state index in [0.29, 0.717) is 27.9 Å². The SMILES string of the molecule is COc1ccc(C(=O)C(Cc2ccccc2)=C(C(=O)[O-])c2ccc3nsnc3c2)cc1.[Na+]. The summed E-state index contributed by atoms with van der Waals surface area (Å²) in [6.45, 7) is 0. The van der Waals surface area contributed by atoms with Gasteiger partial charge in [0.05, 0.1) is 24.8 Å². The van der Waals surface area contributed by atoms with Gasteiger partial charge in [0, 0.05) is 23.1 Å². The van der Waals surface area contributed by atoms with Crippen molar-refractivity contribution in [2.24, 2.45) is 0 Å². The van der Waals surface area contributed by atoms with Crippen LogP contribution >= 0.6 is 11.7 Å². The number of carboxylic acid groups (broad SMARTS) is 1. The van der Waals surface area contributed by atoms with Gasteiger partial charge in [-0.1, -0.05) is 36.4 Å². The van der Waals surface area contributed by atoms with Crippen LogP contribution in [-0.2, 0) is 11.2 Å². The summed E-state index contributed by atoms with van der Waals surface area (Å²) in [5.74, 6) is -1.20. The Bertz CT molecular complexity index is 1280. The summed E-state index contributed by atoms with van der Waals surface area (Å²) < 4.78 is 13.5. The maximum atomic E-state index is 13.5. The van der Waals surface area contributed by atoms with Gasteiger partial charge in [0.2, 0.25) is 0 Å². The Morgan fingerprint density at radius 2 is 1.56 bits per heavy atom. The summed E-state index contributed by atoms with van der Waals surface area (Å²) in [6, 6.07) is 20.8. The smallest absolute Gasteiger partial charge is 0.545 e. The van der Waals surface area contributed by atoms with Crippen molar-refractivity contribution in [3.63, 3.8) is 0 Å². The van der Waals surface area contributed by atoms with Crippen molar-refractivity contribution in [2.75, 3.05) is 7.11 Å². The second kappa shape index (κ2) is 10.7. The molecule has 4 rings (SSSR count). The first-order valence-corrected chi connectivity index (χ1v) is 10.2. The molecule has 0 fully saturated rings. The van der Waals surface area contributed by atoms with E-state index in [1.165, 1.54) is 7.11 Å². The van der Waals surface area contributed by atoms with E-state index in [-0.39, 0.29) is 52.9 Å². The first kappa shape index (κ1) is 23.8. The molecule has 0 bridgehead atoms. The van der Waals surface area contributed by atoms with Gasteiger partial charge in [-0.05, 0) is 47.5 Å². The molecule has 0 saturated heterocycles. The summed E-state index contributed by atoms with van der Waals surface area (Å²) in [7, 11) is 1.54. The zero-order valence-electron chi connectivity index (χ0n) is 17.6. The fourth-order valence-electron chi connectivity index (χ4n) is 3.35. The third kappa shape index (κ3) is 5.14. The largest absolute Gasteiger partial charge is 1.00 e. The number of ether oxygens (including phenoxy) is 1. The van der Waals surface area contributed by atoms with Crippen LogP contribution in [0.15, 0.2) is 78.4 Å². The van der Waals surface area contributed by atoms with Gasteiger partial charge in [-0.3, -0.25) is 4.79 Å². The third-order valence-corrected chi connectivity index (χ3v) is 5.46. The van der Waals surface area contributed by atoms with Crippen molar-refractivity contribution in [1.29, 1.82) is 0 Å². The van der Waals surface area contributed by atoms with Crippen LogP contribution in [0.3, 0.4) is 0 Å². The molecule has 154 valence electrons. The quantitative estimate of drug-likeness (QED) is 0.228. The molecule has 0 aliphatic rings. The van der Waals surface area contributed by atoms with Crippen molar-refractivity contribution in [2.45, 2.75) is 6.42 Å². The number of carboxylic acids is 1. The molecule has 0 N–H and O–H groups in total. The summed E-state index contributed by atoms with van der Waals surface area (Å²) in [4.78, 5) is 25.7. The molecule has 32 heavy (non-hydrogen) atoms. The van der Waals surface area contributed by atoms with Gasteiger partial charge in [-0.25, -0.2) is 0 Å². The van der Waals surface area contributed by atoms with Crippen LogP contribution in [0.4, 0.5) is 0 Å². The predicted molar refractivity (Wildman–Crippen MR) is 117 cm³/mol. The Kier molecular flexibility index (Phi) is 7.93. The number of hydrogen-bond acceptors (Lipinski definition) is 7. The van der Waals surface area contributed by atoms with E-state index in [4.69, 9.17) is 4.74 Å². The van der Waals surface area contributed by atoms with Crippen LogP contribution in [0.2, 0.25) is 0 Å². The molecule has 0 unspecified atom stereocenters. The summed E-state index contributed by atoms with van der Waals surface area (Å²) in [5, 5.41) is 12.3. The van der Waals surface area contributed by atoms with Crippen molar-refractivity contribution in [3.8, 4) is 5.75 Å². The molecule has 4 aromatic rings. The minimum Gasteiger partial charge on any atom is -0.545 e. The molecule has 0 atom stereocenters. The summed E-state index contributed by atoms with van der Waals surface area (Å²) >= 11 is 1.04. The Labute approximate surface area is 211 Å². The number of aliphatic carboxylic acids is 1. The molecule has 0 spiro atoms. The van der Waals surface area contributed by atoms with Crippen LogP contribution in [0.1, 0.15) is 21.5 Å². The Morgan fingerprint density at radius 1 is 0.906 bits per heavy atom. The average Bonchev–Trinajstić information content (AvgIpc) is 3.27. The number of Topliss-reactive ketones (excluding diaryl/α,β-unsaturated/α-hetero) is 1. The predicted octanol–water partition coefficient (Wildman–Crippen LogP) is 0.333. The molecule has 0 saturated carbocycles. The maximum absolute atomic E-state index is 13.5. The minimum atomic E-state index is -1.42. The zero-order valence-corrected chi connectivity index (χ0v) is 20.4. The summed E-state index contributed by atoms with van der Waals surface area (Å²) in [5.41, 5.74) is 2.75. The number of methoxy groups -OCH3 is 1. The van der Waals surface area contributed by atoms with Crippen LogP contribution in [0.25, 0.3) is 16.6 Å². The number of nitrogens with zero attached hydrogens (tertiary/aromatic N) is 2. The second-order valence-electron chi connectivity index (χ2n) is 6.83. The van der Waals surface area contributed by atoms with E-state index < -0.39 is 5.97 Å². The van der Waals surface area contributed by atoms with Gasteiger partial charge in [0.1, 0.15) is 16.8 Å². The molecule has 0 aliphatic heterocycles. The van der Waals surface area contributed by atoms with E-state index in [1.807, 2.05) is 30.3 Å². The average molecular weight is 452 g/mol. The number of aromatic nitrogens is 2. The summed E-state index contributed by atoms with van der Waals surface area (Å²) in [6.07, 6.45) is 0.141. The van der Waals surface area contributed by atoms with E-state index in [0.717, 1.165) is 17.3 Å². The van der Waals surface area contributed by atoms with Gasteiger partial charge in [-0.2, -0.15) is 8.75 Å². The van der Waals surface area contributed by atoms with Gasteiger partial charge in [0.25, 0.3) is 0 Å². The zero-order chi connectivity index (χ0) is 21.8. The number of fused-ring (bicyclic) bond motifs is 1. The second-order valence-corrected chi connectivity index (χ2v) is 7.36. The van der Waals surface area contributed by atoms with Crippen molar-refractivity contribution < 1.29 is 49.0 Å². The Hall–Kier alpha value is -2.84. The Balaban J connectivity index is 0.00000289. The van der Waals surface area contributed by atoms with Crippen LogP contribution in [-0.4, -0.2) is 27.6 Å². The normalized spacial score (nSPS) is 11.4. The van der Waals surface area contributed by atoms with Crippen LogP contribution in [0, 0.1) is 0 Å². The van der Waals surface area contributed by atoms with Gasteiger partial charge < -0.3 is 14.6 Å². The molecular formula is C24H17N2NaO4S. The molecule has 0 aliphatic carbocycles. The number of carbonyl (C=O) groups is 2. The fourth-order valence-corrected chi connectivity index (χ4v) is 3.87. The first-order chi connectivity index (χ1) is 15.1. The van der Waals surface area contributed by atoms with Gasteiger partial charge >= 0.3 is 29.6 Å². The number of carbonyl (C=O) groups excluding carboxylic acids is 2. The maximum Gasteiger partial charge on any atom is 1.00 e. The molecule has 6 nitrogen and oxygen atoms in total. The molecule has 3 aromatic carbocycles. The number of rotatable bonds is 7. The third-order valence-electron chi connectivity index (χ3n) is 4.90. The number of allylic oxidation sites excluding steroid dienone is 1. The van der Waals surface area contributed by atoms with E-state index in [9.17, 15) is 14.7 Å². The monoisotopic (exact) mass is 452 g/mol. The van der Waals surface area contributed by atoms with Crippen LogP contribution < -0.4 is 39.4 Å². The number of ketones is 1. The molecular weight excluding hydrogens is 435 g/mol. The van der Waals surface area contributed by atoms with Crippen LogP contribution in [0.5, 0.6) is 5.75 Å². The number of hydrogen-bond donors (Lipinski definition) is 0. The Morgan fingerprint density at radius 3 is 2.22 bits per heavy atom. The van der Waals surface area contributed by atoms with Crippen molar-refractivity contribution in [3.05, 3.63) is 95.1 Å². The fraction of sp³-hybridized carbons (Fsp3) is 0.0833. The first-order valence-electron chi connectivity index (χ1n) is 9.46. The molecule has 1 aromatic heterocycles. The van der Waals surface area contributed by atoms with E-state index in [1.54, 1.807) is 42.5 Å². The van der Waals surface area contributed by atoms with E-state index >= 15 is 0 Å². The topological polar surface area (TPSA) is 92.2 Å². The standard InChI is InChI=1S/C24H18N2O4S.Na/c1-30-18-10-7-16(8-11-18)23(27)19(13-15-5-3-2-4-6-15)22(24(28)29)17-9-12-20-21(14-17)26-31-25-20;/h2-12,14H,13H2,1H3,(H,28,29);/q;+1/p-1. The molecule has 0 radical (unpaired) electrons. The molecule has 0 amide bonds. The van der Waals surface area contributed by atoms with Crippen molar-refractivity contribution in [1.82, 2.24) is 8.75 Å². The van der Waals surface area contributed by atoms with E-state index in [2.05, 4.69) is 8.75 Å². The molecule has 8 heteroatoms.